The average molecular weight is 225 g/mol. The summed E-state index contributed by atoms with van der Waals surface area (Å²) in [7, 11) is 0. The quantitative estimate of drug-likeness (QED) is 0.245. The van der Waals surface area contributed by atoms with E-state index in [0.29, 0.717) is 6.42 Å². The number of unbranched alkanes of at least 4 members (excludes halogenated alkanes) is 1. The smallest absolute Gasteiger partial charge is 0.269 e. The van der Waals surface area contributed by atoms with Crippen LogP contribution in [0.1, 0.15) is 12.8 Å². The van der Waals surface area contributed by atoms with Crippen LogP contribution in [0.5, 0.6) is 0 Å². The first-order chi connectivity index (χ1) is 7.24. The van der Waals surface area contributed by atoms with E-state index in [4.69, 9.17) is 0 Å². The number of thioether (sulfide) groups is 1. The molecular weight excluding hydrogens is 214 g/mol. The highest BCUT2D eigenvalue weighted by Gasteiger charge is 2.03. The third-order valence-electron chi connectivity index (χ3n) is 1.78. The number of nitrogens with zero attached hydrogens (tertiary/aromatic N) is 1. The summed E-state index contributed by atoms with van der Waals surface area (Å²) in [6.07, 6.45) is 2.31. The zero-order chi connectivity index (χ0) is 11.1. The minimum absolute atomic E-state index is 0.104. The van der Waals surface area contributed by atoms with Crippen LogP contribution >= 0.6 is 11.8 Å². The van der Waals surface area contributed by atoms with Crippen molar-refractivity contribution in [2.24, 2.45) is 0 Å². The van der Waals surface area contributed by atoms with E-state index in [1.807, 2.05) is 0 Å². The molecule has 0 aromatic heterocycles. The molecule has 0 amide bonds. The van der Waals surface area contributed by atoms with Crippen molar-refractivity contribution in [2.75, 3.05) is 5.75 Å². The van der Waals surface area contributed by atoms with Gasteiger partial charge in [0, 0.05) is 23.4 Å². The average Bonchev–Trinajstić information content (AvgIpc) is 2.25. The first kappa shape index (κ1) is 11.7. The van der Waals surface area contributed by atoms with Crippen molar-refractivity contribution in [2.45, 2.75) is 17.7 Å². The summed E-state index contributed by atoms with van der Waals surface area (Å²) in [5.74, 6) is 0.858. The molecule has 15 heavy (non-hydrogen) atoms. The number of benzene rings is 1. The number of nitro groups is 1. The third kappa shape index (κ3) is 4.12. The van der Waals surface area contributed by atoms with Gasteiger partial charge in [-0.1, -0.05) is 0 Å². The van der Waals surface area contributed by atoms with Crippen molar-refractivity contribution in [1.29, 1.82) is 0 Å². The molecule has 0 spiro atoms. The first-order valence-electron chi connectivity index (χ1n) is 4.55. The third-order valence-corrected chi connectivity index (χ3v) is 2.88. The standard InChI is InChI=1S/C10H11NO3S/c12-7-1-2-8-15-10-5-3-9(4-6-10)11(13)14/h3-7H,1-2,8H2. The minimum atomic E-state index is -0.416. The van der Waals surface area contributed by atoms with Gasteiger partial charge in [0.1, 0.15) is 6.29 Å². The van der Waals surface area contributed by atoms with Gasteiger partial charge in [-0.25, -0.2) is 0 Å². The Hall–Kier alpha value is -1.36. The van der Waals surface area contributed by atoms with Crippen LogP contribution in [0.2, 0.25) is 0 Å². The fraction of sp³-hybridized carbons (Fsp3) is 0.300. The van der Waals surface area contributed by atoms with Gasteiger partial charge in [0.2, 0.25) is 0 Å². The van der Waals surface area contributed by atoms with E-state index < -0.39 is 4.92 Å². The fourth-order valence-electron chi connectivity index (χ4n) is 1.02. The van der Waals surface area contributed by atoms with Gasteiger partial charge in [-0.3, -0.25) is 10.1 Å². The number of aldehydes is 1. The predicted octanol–water partition coefficient (Wildman–Crippen LogP) is 2.67. The molecule has 0 heterocycles. The molecule has 0 fully saturated rings. The Labute approximate surface area is 91.8 Å². The Kier molecular flexibility index (Phi) is 4.83. The molecule has 0 saturated heterocycles. The van der Waals surface area contributed by atoms with Gasteiger partial charge in [-0.05, 0) is 24.3 Å². The Morgan fingerprint density at radius 2 is 2.00 bits per heavy atom. The van der Waals surface area contributed by atoms with Crippen molar-refractivity contribution in [3.05, 3.63) is 34.4 Å². The van der Waals surface area contributed by atoms with E-state index in [1.54, 1.807) is 23.9 Å². The molecule has 0 aliphatic heterocycles. The maximum Gasteiger partial charge on any atom is 0.269 e. The molecule has 0 N–H and O–H groups in total. The van der Waals surface area contributed by atoms with Crippen LogP contribution in [-0.4, -0.2) is 17.0 Å². The molecule has 80 valence electrons. The highest BCUT2D eigenvalue weighted by molar-refractivity contribution is 7.99. The van der Waals surface area contributed by atoms with Gasteiger partial charge in [0.05, 0.1) is 4.92 Å². The van der Waals surface area contributed by atoms with E-state index in [9.17, 15) is 14.9 Å². The maximum absolute atomic E-state index is 10.4. The molecule has 4 nitrogen and oxygen atoms in total. The Bertz CT molecular complexity index is 337. The lowest BCUT2D eigenvalue weighted by atomic mass is 10.3. The van der Waals surface area contributed by atoms with Crippen LogP contribution in [0.25, 0.3) is 0 Å². The summed E-state index contributed by atoms with van der Waals surface area (Å²) in [4.78, 5) is 21.0. The van der Waals surface area contributed by atoms with Gasteiger partial charge in [0.15, 0.2) is 0 Å². The Morgan fingerprint density at radius 1 is 1.33 bits per heavy atom. The van der Waals surface area contributed by atoms with Crippen molar-refractivity contribution in [1.82, 2.24) is 0 Å². The van der Waals surface area contributed by atoms with E-state index in [-0.39, 0.29) is 5.69 Å². The first-order valence-corrected chi connectivity index (χ1v) is 5.53. The molecule has 0 unspecified atom stereocenters. The summed E-state index contributed by atoms with van der Waals surface area (Å²) >= 11 is 1.60. The van der Waals surface area contributed by atoms with Crippen molar-refractivity contribution in [3.63, 3.8) is 0 Å². The van der Waals surface area contributed by atoms with Crippen LogP contribution in [0.3, 0.4) is 0 Å². The van der Waals surface area contributed by atoms with E-state index in [2.05, 4.69) is 0 Å². The van der Waals surface area contributed by atoms with E-state index >= 15 is 0 Å². The maximum atomic E-state index is 10.4. The number of non-ortho nitro benzene ring substituents is 1. The van der Waals surface area contributed by atoms with Gasteiger partial charge >= 0.3 is 0 Å². The lowest BCUT2D eigenvalue weighted by Gasteiger charge is -1.99. The predicted molar refractivity (Wildman–Crippen MR) is 59.1 cm³/mol. The molecule has 1 aromatic rings. The van der Waals surface area contributed by atoms with E-state index in [1.165, 1.54) is 12.1 Å². The van der Waals surface area contributed by atoms with Gasteiger partial charge in [-0.2, -0.15) is 0 Å². The summed E-state index contributed by atoms with van der Waals surface area (Å²) in [6, 6.07) is 6.43. The molecule has 0 radical (unpaired) electrons. The second kappa shape index (κ2) is 6.19. The zero-order valence-electron chi connectivity index (χ0n) is 8.09. The molecule has 1 rings (SSSR count). The van der Waals surface area contributed by atoms with Gasteiger partial charge < -0.3 is 4.79 Å². The van der Waals surface area contributed by atoms with Crippen LogP contribution in [-0.2, 0) is 4.79 Å². The molecule has 0 atom stereocenters. The largest absolute Gasteiger partial charge is 0.303 e. The van der Waals surface area contributed by atoms with Crippen LogP contribution in [0, 0.1) is 10.1 Å². The van der Waals surface area contributed by atoms with Gasteiger partial charge in [0.25, 0.3) is 5.69 Å². The van der Waals surface area contributed by atoms with Gasteiger partial charge in [-0.15, -0.1) is 11.8 Å². The highest BCUT2D eigenvalue weighted by Crippen LogP contribution is 2.21. The van der Waals surface area contributed by atoms with Crippen molar-refractivity contribution >= 4 is 23.7 Å². The number of rotatable bonds is 6. The monoisotopic (exact) mass is 225 g/mol. The second-order valence-electron chi connectivity index (χ2n) is 2.91. The molecular formula is C10H11NO3S. The molecule has 0 saturated carbocycles. The molecule has 0 aliphatic carbocycles. The Balaban J connectivity index is 2.42. The SMILES string of the molecule is O=CCCCSc1ccc([N+](=O)[O-])cc1. The lowest BCUT2D eigenvalue weighted by molar-refractivity contribution is -0.384. The van der Waals surface area contributed by atoms with Crippen LogP contribution in [0.4, 0.5) is 5.69 Å². The number of hydrogen-bond donors (Lipinski definition) is 0. The molecule has 0 bridgehead atoms. The van der Waals surface area contributed by atoms with E-state index in [0.717, 1.165) is 23.4 Å². The minimum Gasteiger partial charge on any atom is -0.303 e. The van der Waals surface area contributed by atoms with Crippen molar-refractivity contribution < 1.29 is 9.72 Å². The zero-order valence-corrected chi connectivity index (χ0v) is 8.90. The topological polar surface area (TPSA) is 60.2 Å². The number of nitro benzene ring substituents is 1. The summed E-state index contributed by atoms with van der Waals surface area (Å²) in [6.45, 7) is 0. The second-order valence-corrected chi connectivity index (χ2v) is 4.08. The normalized spacial score (nSPS) is 9.87. The number of hydrogen-bond acceptors (Lipinski definition) is 4. The fourth-order valence-corrected chi connectivity index (χ4v) is 1.90. The van der Waals surface area contributed by atoms with Crippen LogP contribution in [0.15, 0.2) is 29.2 Å². The number of carbonyl (C=O) groups is 1. The van der Waals surface area contributed by atoms with Crippen molar-refractivity contribution in [3.8, 4) is 0 Å². The molecule has 0 aliphatic rings. The summed E-state index contributed by atoms with van der Waals surface area (Å²) < 4.78 is 0. The molecule has 1 aromatic carbocycles. The molecule has 5 heteroatoms. The lowest BCUT2D eigenvalue weighted by Crippen LogP contribution is -1.87. The Morgan fingerprint density at radius 3 is 2.53 bits per heavy atom. The number of carbonyl (C=O) groups excluding carboxylic acids is 1. The highest BCUT2D eigenvalue weighted by atomic mass is 32.2. The summed E-state index contributed by atoms with van der Waals surface area (Å²) in [5, 5.41) is 10.4. The van der Waals surface area contributed by atoms with Crippen LogP contribution < -0.4 is 0 Å². The summed E-state index contributed by atoms with van der Waals surface area (Å²) in [5.41, 5.74) is 0.104.